The average molecular weight is 219 g/mol. The molecule has 0 radical (unpaired) electrons. The molecule has 4 heteroatoms. The van der Waals surface area contributed by atoms with Crippen LogP contribution in [0, 0.1) is 11.7 Å². The van der Waals surface area contributed by atoms with Crippen molar-refractivity contribution < 1.29 is 4.39 Å². The summed E-state index contributed by atoms with van der Waals surface area (Å²) in [5.41, 5.74) is 6.87. The Kier molecular flexibility index (Phi) is 1.86. The third-order valence-corrected chi connectivity index (χ3v) is 3.40. The highest BCUT2D eigenvalue weighted by Gasteiger charge is 2.41. The lowest BCUT2D eigenvalue weighted by Gasteiger charge is -2.21. The fourth-order valence-electron chi connectivity index (χ4n) is 2.13. The zero-order chi connectivity index (χ0) is 11.3. The van der Waals surface area contributed by atoms with Crippen molar-refractivity contribution in [3.63, 3.8) is 0 Å². The van der Waals surface area contributed by atoms with Gasteiger partial charge in [0.15, 0.2) is 5.82 Å². The summed E-state index contributed by atoms with van der Waals surface area (Å²) < 4.78 is 13.5. The van der Waals surface area contributed by atoms with Crippen LogP contribution in [0.25, 0.3) is 11.0 Å². The normalized spacial score (nSPS) is 19.9. The Bertz CT molecular complexity index is 540. The maximum absolute atomic E-state index is 13.5. The molecule has 1 aromatic carbocycles. The van der Waals surface area contributed by atoms with Gasteiger partial charge in [0.1, 0.15) is 11.3 Å². The molecule has 1 heterocycles. The smallest absolute Gasteiger partial charge is 0.151 e. The number of para-hydroxylation sites is 1. The van der Waals surface area contributed by atoms with Crippen LogP contribution < -0.4 is 5.73 Å². The van der Waals surface area contributed by atoms with Crippen LogP contribution in [0.1, 0.15) is 25.6 Å². The number of aromatic nitrogens is 2. The summed E-state index contributed by atoms with van der Waals surface area (Å²) in [5.74, 6) is 0.859. The summed E-state index contributed by atoms with van der Waals surface area (Å²) in [6.07, 6.45) is 2.26. The molecule has 0 amide bonds. The highest BCUT2D eigenvalue weighted by molar-refractivity contribution is 5.75. The van der Waals surface area contributed by atoms with Crippen molar-refractivity contribution in [2.24, 2.45) is 11.7 Å². The highest BCUT2D eigenvalue weighted by atomic mass is 19.1. The summed E-state index contributed by atoms with van der Waals surface area (Å²) >= 11 is 0. The van der Waals surface area contributed by atoms with Crippen molar-refractivity contribution in [3.8, 4) is 0 Å². The first-order valence-electron chi connectivity index (χ1n) is 5.52. The maximum Gasteiger partial charge on any atom is 0.151 e. The molecule has 1 saturated carbocycles. The summed E-state index contributed by atoms with van der Waals surface area (Å²) in [6.45, 7) is 1.96. The lowest BCUT2D eigenvalue weighted by molar-refractivity contribution is 0.405. The predicted octanol–water partition coefficient (Wildman–Crippen LogP) is 2.29. The fourth-order valence-corrected chi connectivity index (χ4v) is 2.13. The Balaban J connectivity index is 2.15. The van der Waals surface area contributed by atoms with Gasteiger partial charge < -0.3 is 10.7 Å². The largest absolute Gasteiger partial charge is 0.340 e. The van der Waals surface area contributed by atoms with Gasteiger partial charge in [0.05, 0.1) is 11.1 Å². The number of rotatable bonds is 2. The van der Waals surface area contributed by atoms with Crippen molar-refractivity contribution in [3.05, 3.63) is 29.8 Å². The minimum Gasteiger partial charge on any atom is -0.340 e. The molecule has 1 aromatic heterocycles. The second kappa shape index (κ2) is 3.04. The fraction of sp³-hybridized carbons (Fsp3) is 0.417. The van der Waals surface area contributed by atoms with E-state index < -0.39 is 5.54 Å². The first-order valence-corrected chi connectivity index (χ1v) is 5.52. The van der Waals surface area contributed by atoms with Crippen molar-refractivity contribution in [2.45, 2.75) is 25.3 Å². The summed E-state index contributed by atoms with van der Waals surface area (Å²) in [4.78, 5) is 7.41. The number of H-pyrrole nitrogens is 1. The number of aromatic amines is 1. The van der Waals surface area contributed by atoms with E-state index in [1.807, 2.05) is 13.0 Å². The molecular weight excluding hydrogens is 205 g/mol. The standard InChI is InChI=1S/C12H14FN3/c1-12(14,7-5-6-7)11-15-9-4-2-3-8(13)10(9)16-11/h2-4,7H,5-6,14H2,1H3,(H,15,16). The molecule has 1 aliphatic carbocycles. The molecule has 0 spiro atoms. The van der Waals surface area contributed by atoms with Crippen LogP contribution >= 0.6 is 0 Å². The van der Waals surface area contributed by atoms with E-state index in [0.717, 1.165) is 12.8 Å². The molecule has 0 bridgehead atoms. The molecule has 1 aliphatic rings. The van der Waals surface area contributed by atoms with Gasteiger partial charge in [-0.1, -0.05) is 6.07 Å². The minimum absolute atomic E-state index is 0.299. The number of nitrogens with zero attached hydrogens (tertiary/aromatic N) is 1. The van der Waals surface area contributed by atoms with Crippen LogP contribution in [0.2, 0.25) is 0 Å². The van der Waals surface area contributed by atoms with E-state index in [2.05, 4.69) is 9.97 Å². The SMILES string of the molecule is CC(N)(c1nc2c(F)cccc2[nH]1)C1CC1. The number of nitrogens with two attached hydrogens (primary N) is 1. The van der Waals surface area contributed by atoms with E-state index in [-0.39, 0.29) is 5.82 Å². The van der Waals surface area contributed by atoms with Crippen molar-refractivity contribution in [1.82, 2.24) is 9.97 Å². The second-order valence-corrected chi connectivity index (χ2v) is 4.78. The molecule has 1 unspecified atom stereocenters. The quantitative estimate of drug-likeness (QED) is 0.814. The average Bonchev–Trinajstić information content (AvgIpc) is 2.99. The number of imidazole rings is 1. The van der Waals surface area contributed by atoms with Gasteiger partial charge in [0.25, 0.3) is 0 Å². The number of benzene rings is 1. The van der Waals surface area contributed by atoms with Gasteiger partial charge in [-0.05, 0) is 37.8 Å². The number of hydrogen-bond acceptors (Lipinski definition) is 2. The lowest BCUT2D eigenvalue weighted by Crippen LogP contribution is -2.36. The van der Waals surface area contributed by atoms with Crippen LogP contribution in [-0.4, -0.2) is 9.97 Å². The molecule has 3 nitrogen and oxygen atoms in total. The molecule has 2 aromatic rings. The van der Waals surface area contributed by atoms with Crippen LogP contribution in [0.3, 0.4) is 0 Å². The van der Waals surface area contributed by atoms with Gasteiger partial charge in [0, 0.05) is 0 Å². The van der Waals surface area contributed by atoms with Crippen LogP contribution in [-0.2, 0) is 5.54 Å². The van der Waals surface area contributed by atoms with Crippen LogP contribution in [0.5, 0.6) is 0 Å². The summed E-state index contributed by atoms with van der Waals surface area (Å²) in [5, 5.41) is 0. The topological polar surface area (TPSA) is 54.7 Å². The van der Waals surface area contributed by atoms with Gasteiger partial charge in [0.2, 0.25) is 0 Å². The van der Waals surface area contributed by atoms with E-state index in [1.165, 1.54) is 6.07 Å². The first kappa shape index (κ1) is 9.78. The van der Waals surface area contributed by atoms with E-state index in [1.54, 1.807) is 6.07 Å². The van der Waals surface area contributed by atoms with Crippen molar-refractivity contribution >= 4 is 11.0 Å². The Morgan fingerprint density at radius 3 is 2.88 bits per heavy atom. The summed E-state index contributed by atoms with van der Waals surface area (Å²) in [7, 11) is 0. The number of halogens is 1. The van der Waals surface area contributed by atoms with E-state index in [0.29, 0.717) is 22.8 Å². The van der Waals surface area contributed by atoms with Crippen LogP contribution in [0.4, 0.5) is 4.39 Å². The van der Waals surface area contributed by atoms with Gasteiger partial charge >= 0.3 is 0 Å². The van der Waals surface area contributed by atoms with Crippen molar-refractivity contribution in [1.29, 1.82) is 0 Å². The lowest BCUT2D eigenvalue weighted by atomic mass is 9.97. The van der Waals surface area contributed by atoms with E-state index >= 15 is 0 Å². The second-order valence-electron chi connectivity index (χ2n) is 4.78. The van der Waals surface area contributed by atoms with Crippen molar-refractivity contribution in [2.75, 3.05) is 0 Å². The van der Waals surface area contributed by atoms with E-state index in [9.17, 15) is 4.39 Å². The monoisotopic (exact) mass is 219 g/mol. The number of fused-ring (bicyclic) bond motifs is 1. The molecule has 1 atom stereocenters. The van der Waals surface area contributed by atoms with Gasteiger partial charge in [-0.15, -0.1) is 0 Å². The van der Waals surface area contributed by atoms with Crippen LogP contribution in [0.15, 0.2) is 18.2 Å². The van der Waals surface area contributed by atoms with Gasteiger partial charge in [-0.3, -0.25) is 0 Å². The third-order valence-electron chi connectivity index (χ3n) is 3.40. The molecule has 84 valence electrons. The molecule has 0 aliphatic heterocycles. The molecule has 3 N–H and O–H groups in total. The molecular formula is C12H14FN3. The molecule has 0 saturated heterocycles. The van der Waals surface area contributed by atoms with Gasteiger partial charge in [-0.25, -0.2) is 9.37 Å². The zero-order valence-electron chi connectivity index (χ0n) is 9.13. The third kappa shape index (κ3) is 1.33. The Morgan fingerprint density at radius 1 is 1.50 bits per heavy atom. The molecule has 16 heavy (non-hydrogen) atoms. The number of nitrogens with one attached hydrogen (secondary N) is 1. The van der Waals surface area contributed by atoms with Gasteiger partial charge in [-0.2, -0.15) is 0 Å². The highest BCUT2D eigenvalue weighted by Crippen LogP contribution is 2.43. The zero-order valence-corrected chi connectivity index (χ0v) is 9.13. The first-order chi connectivity index (χ1) is 7.59. The Hall–Kier alpha value is -1.42. The maximum atomic E-state index is 13.5. The Labute approximate surface area is 92.9 Å². The predicted molar refractivity (Wildman–Crippen MR) is 60.3 cm³/mol. The summed E-state index contributed by atoms with van der Waals surface area (Å²) in [6, 6.07) is 4.90. The number of hydrogen-bond donors (Lipinski definition) is 2. The Morgan fingerprint density at radius 2 is 2.25 bits per heavy atom. The molecule has 1 fully saturated rings. The van der Waals surface area contributed by atoms with E-state index in [4.69, 9.17) is 5.73 Å². The molecule has 3 rings (SSSR count). The minimum atomic E-state index is -0.467.